The van der Waals surface area contributed by atoms with E-state index in [0.29, 0.717) is 18.8 Å². The zero-order valence-electron chi connectivity index (χ0n) is 17.8. The molecule has 0 unspecified atom stereocenters. The molecular weight excluding hydrogens is 380 g/mol. The standard InChI is InChI=1S/C23H26N4O3/c1-5-25(6-2)21(28)20-22(29)26(15-18-11-7-9-16(3)13-18)23(30)27(24-20)19-12-8-10-17(4)14-19/h7-14H,5-6,15H2,1-4H3. The molecule has 0 N–H and O–H groups in total. The second-order valence-corrected chi connectivity index (χ2v) is 7.24. The predicted octanol–water partition coefficient (Wildman–Crippen LogP) is 2.54. The Morgan fingerprint density at radius 2 is 1.60 bits per heavy atom. The molecule has 0 aliphatic rings. The monoisotopic (exact) mass is 406 g/mol. The molecule has 1 aromatic heterocycles. The first kappa shape index (κ1) is 21.2. The molecule has 2 aromatic carbocycles. The maximum Gasteiger partial charge on any atom is 0.352 e. The van der Waals surface area contributed by atoms with E-state index in [4.69, 9.17) is 0 Å². The molecule has 3 rings (SSSR count). The molecule has 7 nitrogen and oxygen atoms in total. The summed E-state index contributed by atoms with van der Waals surface area (Å²) < 4.78 is 2.22. The van der Waals surface area contributed by atoms with Gasteiger partial charge in [-0.3, -0.25) is 14.2 Å². The summed E-state index contributed by atoms with van der Waals surface area (Å²) in [7, 11) is 0. The van der Waals surface area contributed by atoms with Crippen LogP contribution in [-0.4, -0.2) is 38.2 Å². The van der Waals surface area contributed by atoms with Gasteiger partial charge in [0.25, 0.3) is 11.5 Å². The van der Waals surface area contributed by atoms with E-state index >= 15 is 0 Å². The maximum absolute atomic E-state index is 13.2. The van der Waals surface area contributed by atoms with Gasteiger partial charge in [-0.15, -0.1) is 0 Å². The third-order valence-electron chi connectivity index (χ3n) is 4.98. The number of benzene rings is 2. The van der Waals surface area contributed by atoms with Gasteiger partial charge in [-0.1, -0.05) is 42.0 Å². The Bertz CT molecular complexity index is 1190. The Balaban J connectivity index is 2.25. The number of carbonyl (C=O) groups is 1. The van der Waals surface area contributed by atoms with E-state index in [2.05, 4.69) is 5.10 Å². The van der Waals surface area contributed by atoms with E-state index in [9.17, 15) is 14.4 Å². The van der Waals surface area contributed by atoms with Crippen LogP contribution in [0.25, 0.3) is 5.69 Å². The molecule has 0 saturated carbocycles. The lowest BCUT2D eigenvalue weighted by molar-refractivity contribution is 0.0761. The van der Waals surface area contributed by atoms with Crippen LogP contribution in [0.3, 0.4) is 0 Å². The lowest BCUT2D eigenvalue weighted by atomic mass is 10.1. The van der Waals surface area contributed by atoms with E-state index in [-0.39, 0.29) is 12.2 Å². The molecule has 0 fully saturated rings. The first-order chi connectivity index (χ1) is 14.3. The Morgan fingerprint density at radius 1 is 0.967 bits per heavy atom. The molecule has 0 bridgehead atoms. The average molecular weight is 406 g/mol. The van der Waals surface area contributed by atoms with Crippen molar-refractivity contribution < 1.29 is 4.79 Å². The van der Waals surface area contributed by atoms with Gasteiger partial charge in [-0.05, 0) is 51.0 Å². The number of hydrogen-bond acceptors (Lipinski definition) is 4. The number of rotatable bonds is 6. The summed E-state index contributed by atoms with van der Waals surface area (Å²) in [5.74, 6) is -0.482. The number of aryl methyl sites for hydroxylation is 2. The lowest BCUT2D eigenvalue weighted by Crippen LogP contribution is -2.46. The van der Waals surface area contributed by atoms with Crippen LogP contribution < -0.4 is 11.2 Å². The van der Waals surface area contributed by atoms with Crippen molar-refractivity contribution in [2.45, 2.75) is 34.2 Å². The summed E-state index contributed by atoms with van der Waals surface area (Å²) in [6.45, 7) is 8.47. The number of nitrogens with zero attached hydrogens (tertiary/aromatic N) is 4. The summed E-state index contributed by atoms with van der Waals surface area (Å²) in [5.41, 5.74) is 1.75. The summed E-state index contributed by atoms with van der Waals surface area (Å²) >= 11 is 0. The van der Waals surface area contributed by atoms with Gasteiger partial charge in [0.1, 0.15) is 0 Å². The Hall–Kier alpha value is -3.48. The van der Waals surface area contributed by atoms with Crippen molar-refractivity contribution in [3.8, 4) is 5.69 Å². The Labute approximate surface area is 175 Å². The predicted molar refractivity (Wildman–Crippen MR) is 116 cm³/mol. The molecular formula is C23H26N4O3. The van der Waals surface area contributed by atoms with E-state index in [1.54, 1.807) is 18.2 Å². The van der Waals surface area contributed by atoms with Crippen LogP contribution in [0.4, 0.5) is 0 Å². The number of carbonyl (C=O) groups excluding carboxylic acids is 1. The van der Waals surface area contributed by atoms with Gasteiger partial charge < -0.3 is 4.90 Å². The van der Waals surface area contributed by atoms with Crippen LogP contribution in [0.1, 0.15) is 41.0 Å². The van der Waals surface area contributed by atoms with Crippen molar-refractivity contribution in [2.75, 3.05) is 13.1 Å². The maximum atomic E-state index is 13.2. The Morgan fingerprint density at radius 3 is 2.20 bits per heavy atom. The highest BCUT2D eigenvalue weighted by Crippen LogP contribution is 2.08. The normalized spacial score (nSPS) is 10.8. The fourth-order valence-electron chi connectivity index (χ4n) is 3.37. The molecule has 1 amide bonds. The fourth-order valence-corrected chi connectivity index (χ4v) is 3.37. The van der Waals surface area contributed by atoms with Gasteiger partial charge in [0.15, 0.2) is 0 Å². The van der Waals surface area contributed by atoms with Crippen molar-refractivity contribution in [3.05, 3.63) is 91.8 Å². The van der Waals surface area contributed by atoms with Gasteiger partial charge in [0, 0.05) is 13.1 Å². The quantitative estimate of drug-likeness (QED) is 0.630. The summed E-state index contributed by atoms with van der Waals surface area (Å²) in [6.07, 6.45) is 0. The van der Waals surface area contributed by atoms with Crippen molar-refractivity contribution in [2.24, 2.45) is 0 Å². The van der Waals surface area contributed by atoms with Crippen LogP contribution >= 0.6 is 0 Å². The largest absolute Gasteiger partial charge is 0.352 e. The SMILES string of the molecule is CCN(CC)C(=O)c1nn(-c2cccc(C)c2)c(=O)n(Cc2cccc(C)c2)c1=O. The van der Waals surface area contributed by atoms with Crippen LogP contribution in [0, 0.1) is 13.8 Å². The van der Waals surface area contributed by atoms with Crippen molar-refractivity contribution >= 4 is 5.91 Å². The number of aromatic nitrogens is 3. The molecule has 7 heteroatoms. The zero-order valence-corrected chi connectivity index (χ0v) is 17.8. The number of hydrogen-bond donors (Lipinski definition) is 0. The molecule has 1 heterocycles. The minimum atomic E-state index is -0.678. The van der Waals surface area contributed by atoms with E-state index in [1.807, 2.05) is 58.0 Å². The fraction of sp³-hybridized carbons (Fsp3) is 0.304. The second-order valence-electron chi connectivity index (χ2n) is 7.24. The minimum Gasteiger partial charge on any atom is -0.338 e. The molecule has 30 heavy (non-hydrogen) atoms. The van der Waals surface area contributed by atoms with Crippen LogP contribution in [-0.2, 0) is 6.54 Å². The van der Waals surface area contributed by atoms with E-state index in [0.717, 1.165) is 25.9 Å². The van der Waals surface area contributed by atoms with Gasteiger partial charge in [-0.25, -0.2) is 4.79 Å². The molecule has 0 aliphatic heterocycles. The van der Waals surface area contributed by atoms with Crippen molar-refractivity contribution in [1.82, 2.24) is 19.2 Å². The zero-order chi connectivity index (χ0) is 21.8. The topological polar surface area (TPSA) is 77.2 Å². The van der Waals surface area contributed by atoms with Crippen LogP contribution in [0.2, 0.25) is 0 Å². The third-order valence-corrected chi connectivity index (χ3v) is 4.98. The average Bonchev–Trinajstić information content (AvgIpc) is 2.72. The summed E-state index contributed by atoms with van der Waals surface area (Å²) in [5, 5.41) is 4.20. The van der Waals surface area contributed by atoms with Crippen LogP contribution in [0.15, 0.2) is 58.1 Å². The highest BCUT2D eigenvalue weighted by atomic mass is 16.2. The Kier molecular flexibility index (Phi) is 6.30. The molecule has 0 aliphatic carbocycles. The lowest BCUT2D eigenvalue weighted by Gasteiger charge is -2.19. The van der Waals surface area contributed by atoms with Gasteiger partial charge >= 0.3 is 5.69 Å². The van der Waals surface area contributed by atoms with Gasteiger partial charge in [-0.2, -0.15) is 9.78 Å². The minimum absolute atomic E-state index is 0.0617. The second kappa shape index (κ2) is 8.90. The first-order valence-electron chi connectivity index (χ1n) is 10.0. The van der Waals surface area contributed by atoms with Crippen molar-refractivity contribution in [3.63, 3.8) is 0 Å². The highest BCUT2D eigenvalue weighted by molar-refractivity contribution is 5.91. The third kappa shape index (κ3) is 4.25. The van der Waals surface area contributed by atoms with E-state index in [1.165, 1.54) is 4.90 Å². The van der Waals surface area contributed by atoms with Crippen LogP contribution in [0.5, 0.6) is 0 Å². The number of amides is 1. The summed E-state index contributed by atoms with van der Waals surface area (Å²) in [6, 6.07) is 14.8. The van der Waals surface area contributed by atoms with Gasteiger partial charge in [0.2, 0.25) is 5.69 Å². The molecule has 156 valence electrons. The first-order valence-corrected chi connectivity index (χ1v) is 10.0. The molecule has 3 aromatic rings. The van der Waals surface area contributed by atoms with Crippen molar-refractivity contribution in [1.29, 1.82) is 0 Å². The summed E-state index contributed by atoms with van der Waals surface area (Å²) in [4.78, 5) is 40.9. The molecule has 0 spiro atoms. The molecule has 0 saturated heterocycles. The highest BCUT2D eigenvalue weighted by Gasteiger charge is 2.23. The van der Waals surface area contributed by atoms with Gasteiger partial charge in [0.05, 0.1) is 12.2 Å². The van der Waals surface area contributed by atoms with E-state index < -0.39 is 17.2 Å². The smallest absolute Gasteiger partial charge is 0.338 e. The molecule has 0 atom stereocenters. The molecule has 0 radical (unpaired) electrons.